The van der Waals surface area contributed by atoms with E-state index in [9.17, 15) is 9.18 Å². The number of rotatable bonds is 5. The largest absolute Gasteiger partial charge is 0.392 e. The van der Waals surface area contributed by atoms with Gasteiger partial charge in [0.15, 0.2) is 0 Å². The molecule has 0 aliphatic rings. The van der Waals surface area contributed by atoms with E-state index in [1.54, 1.807) is 13.0 Å². The molecule has 4 N–H and O–H groups in total. The van der Waals surface area contributed by atoms with E-state index in [4.69, 9.17) is 10.8 Å². The first-order valence-electron chi connectivity index (χ1n) is 5.43. The molecule has 1 aromatic rings. The van der Waals surface area contributed by atoms with Gasteiger partial charge in [0.05, 0.1) is 6.61 Å². The second-order valence-electron chi connectivity index (χ2n) is 4.04. The zero-order valence-corrected chi connectivity index (χ0v) is 11.0. The van der Waals surface area contributed by atoms with Gasteiger partial charge in [-0.15, -0.1) is 12.4 Å². The summed E-state index contributed by atoms with van der Waals surface area (Å²) in [5.41, 5.74) is 6.37. The van der Waals surface area contributed by atoms with E-state index < -0.39 is 5.82 Å². The number of aliphatic hydroxyl groups is 1. The monoisotopic (exact) mass is 276 g/mol. The third-order valence-corrected chi connectivity index (χ3v) is 2.28. The molecule has 1 atom stereocenters. The van der Waals surface area contributed by atoms with Crippen LogP contribution in [0.4, 0.5) is 4.39 Å². The molecule has 1 rings (SSSR count). The van der Waals surface area contributed by atoms with Crippen molar-refractivity contribution in [2.75, 3.05) is 0 Å². The Morgan fingerprint density at radius 2 is 2.22 bits per heavy atom. The molecule has 0 saturated carbocycles. The lowest BCUT2D eigenvalue weighted by Crippen LogP contribution is -2.29. The molecule has 1 amide bonds. The lowest BCUT2D eigenvalue weighted by Gasteiger charge is -2.08. The quantitative estimate of drug-likeness (QED) is 0.754. The minimum atomic E-state index is -0.466. The molecule has 0 aliphatic heterocycles. The van der Waals surface area contributed by atoms with Crippen molar-refractivity contribution in [1.29, 1.82) is 0 Å². The summed E-state index contributed by atoms with van der Waals surface area (Å²) in [6, 6.07) is 4.28. The van der Waals surface area contributed by atoms with Crippen LogP contribution in [-0.2, 0) is 17.9 Å². The Bertz CT molecular complexity index is 400. The molecule has 0 saturated heterocycles. The highest BCUT2D eigenvalue weighted by Crippen LogP contribution is 2.10. The number of nitrogens with two attached hydrogens (primary N) is 1. The van der Waals surface area contributed by atoms with Crippen LogP contribution in [-0.4, -0.2) is 17.1 Å². The molecule has 0 fully saturated rings. The van der Waals surface area contributed by atoms with Crippen LogP contribution >= 0.6 is 12.4 Å². The summed E-state index contributed by atoms with van der Waals surface area (Å²) in [7, 11) is 0. The van der Waals surface area contributed by atoms with Gasteiger partial charge in [-0.25, -0.2) is 4.39 Å². The first kappa shape index (κ1) is 16.8. The van der Waals surface area contributed by atoms with Crippen LogP contribution in [0.15, 0.2) is 18.2 Å². The third-order valence-electron chi connectivity index (χ3n) is 2.28. The van der Waals surface area contributed by atoms with Crippen molar-refractivity contribution in [3.8, 4) is 0 Å². The van der Waals surface area contributed by atoms with E-state index in [1.165, 1.54) is 12.1 Å². The fraction of sp³-hybridized carbons (Fsp3) is 0.417. The Balaban J connectivity index is 0.00000289. The first-order valence-corrected chi connectivity index (χ1v) is 5.43. The Morgan fingerprint density at radius 3 is 2.72 bits per heavy atom. The van der Waals surface area contributed by atoms with Crippen LogP contribution in [0.1, 0.15) is 24.5 Å². The maximum atomic E-state index is 13.3. The number of nitrogens with one attached hydrogen (secondary N) is 1. The van der Waals surface area contributed by atoms with Gasteiger partial charge in [0.2, 0.25) is 5.91 Å². The molecule has 1 aromatic carbocycles. The number of aliphatic hydroxyl groups excluding tert-OH is 1. The summed E-state index contributed by atoms with van der Waals surface area (Å²) in [6.07, 6.45) is 0.247. The van der Waals surface area contributed by atoms with Crippen LogP contribution in [0.2, 0.25) is 0 Å². The third kappa shape index (κ3) is 5.44. The zero-order valence-electron chi connectivity index (χ0n) is 10.1. The van der Waals surface area contributed by atoms with Gasteiger partial charge in [0.1, 0.15) is 5.82 Å². The van der Waals surface area contributed by atoms with Crippen LogP contribution < -0.4 is 11.1 Å². The summed E-state index contributed by atoms with van der Waals surface area (Å²) in [4.78, 5) is 11.3. The molecule has 0 aliphatic carbocycles. The van der Waals surface area contributed by atoms with Gasteiger partial charge < -0.3 is 16.2 Å². The molecule has 4 nitrogen and oxygen atoms in total. The Morgan fingerprint density at radius 1 is 1.56 bits per heavy atom. The minimum absolute atomic E-state index is 0. The molecule has 0 heterocycles. The van der Waals surface area contributed by atoms with Crippen LogP contribution in [0.3, 0.4) is 0 Å². The number of carbonyl (C=O) groups excluding carboxylic acids is 1. The maximum absolute atomic E-state index is 13.3. The van der Waals surface area contributed by atoms with Crippen molar-refractivity contribution in [1.82, 2.24) is 5.32 Å². The van der Waals surface area contributed by atoms with Gasteiger partial charge in [-0.2, -0.15) is 0 Å². The van der Waals surface area contributed by atoms with E-state index in [1.807, 2.05) is 0 Å². The summed E-state index contributed by atoms with van der Waals surface area (Å²) < 4.78 is 13.3. The average Bonchev–Trinajstić information content (AvgIpc) is 2.25. The van der Waals surface area contributed by atoms with E-state index in [2.05, 4.69) is 5.32 Å². The second-order valence-corrected chi connectivity index (χ2v) is 4.04. The fourth-order valence-corrected chi connectivity index (χ4v) is 1.39. The number of amides is 1. The van der Waals surface area contributed by atoms with Gasteiger partial charge in [0, 0.05) is 24.6 Å². The highest BCUT2D eigenvalue weighted by Gasteiger charge is 2.06. The van der Waals surface area contributed by atoms with Crippen molar-refractivity contribution in [2.45, 2.75) is 32.5 Å². The van der Waals surface area contributed by atoms with Crippen molar-refractivity contribution in [2.24, 2.45) is 5.73 Å². The van der Waals surface area contributed by atoms with E-state index in [0.717, 1.165) is 0 Å². The average molecular weight is 277 g/mol. The fourth-order valence-electron chi connectivity index (χ4n) is 1.39. The number of carbonyl (C=O) groups is 1. The number of hydrogen-bond donors (Lipinski definition) is 3. The maximum Gasteiger partial charge on any atom is 0.221 e. The number of hydrogen-bond acceptors (Lipinski definition) is 3. The first-order chi connectivity index (χ1) is 8.02. The summed E-state index contributed by atoms with van der Waals surface area (Å²) in [5.74, 6) is -0.627. The summed E-state index contributed by atoms with van der Waals surface area (Å²) in [6.45, 7) is 1.67. The molecule has 6 heteroatoms. The van der Waals surface area contributed by atoms with Gasteiger partial charge in [-0.3, -0.25) is 4.79 Å². The zero-order chi connectivity index (χ0) is 12.8. The summed E-state index contributed by atoms with van der Waals surface area (Å²) >= 11 is 0. The lowest BCUT2D eigenvalue weighted by molar-refractivity contribution is -0.121. The molecular formula is C12H18ClFN2O2. The van der Waals surface area contributed by atoms with Crippen LogP contribution in [0.25, 0.3) is 0 Å². The topological polar surface area (TPSA) is 75.4 Å². The summed E-state index contributed by atoms with van der Waals surface area (Å²) in [5, 5.41) is 11.4. The van der Waals surface area contributed by atoms with Crippen molar-refractivity contribution in [3.05, 3.63) is 35.1 Å². The molecule has 18 heavy (non-hydrogen) atoms. The highest BCUT2D eigenvalue weighted by molar-refractivity contribution is 5.85. The van der Waals surface area contributed by atoms with Gasteiger partial charge >= 0.3 is 0 Å². The van der Waals surface area contributed by atoms with Crippen molar-refractivity contribution in [3.63, 3.8) is 0 Å². The van der Waals surface area contributed by atoms with Crippen molar-refractivity contribution < 1.29 is 14.3 Å². The molecule has 1 unspecified atom stereocenters. The normalized spacial score (nSPS) is 11.6. The Kier molecular flexibility index (Phi) is 7.50. The minimum Gasteiger partial charge on any atom is -0.392 e. The number of benzene rings is 1. The molecule has 0 radical (unpaired) electrons. The molecule has 102 valence electrons. The Hall–Kier alpha value is -1.17. The highest BCUT2D eigenvalue weighted by atomic mass is 35.5. The van der Waals surface area contributed by atoms with Gasteiger partial charge in [-0.1, -0.05) is 12.1 Å². The number of halogens is 2. The molecule has 0 bridgehead atoms. The predicted octanol–water partition coefficient (Wildman–Crippen LogP) is 1.09. The van der Waals surface area contributed by atoms with Crippen LogP contribution in [0.5, 0.6) is 0 Å². The molecular weight excluding hydrogens is 259 g/mol. The van der Waals surface area contributed by atoms with E-state index >= 15 is 0 Å². The lowest BCUT2D eigenvalue weighted by atomic mass is 10.1. The molecule has 0 aromatic heterocycles. The van der Waals surface area contributed by atoms with Crippen LogP contribution in [0, 0.1) is 5.82 Å². The second kappa shape index (κ2) is 8.02. The smallest absolute Gasteiger partial charge is 0.221 e. The van der Waals surface area contributed by atoms with E-state index in [0.29, 0.717) is 5.56 Å². The van der Waals surface area contributed by atoms with Gasteiger partial charge in [-0.05, 0) is 18.6 Å². The predicted molar refractivity (Wildman–Crippen MR) is 69.7 cm³/mol. The van der Waals surface area contributed by atoms with Crippen molar-refractivity contribution >= 4 is 18.3 Å². The standard InChI is InChI=1S/C12H17FN2O2.ClH/c1-8(14)4-12(17)15-6-9-2-3-10(7-16)11(13)5-9;/h2-3,5,8,16H,4,6-7,14H2,1H3,(H,15,17);1H. The SMILES string of the molecule is CC(N)CC(=O)NCc1ccc(CO)c(F)c1.Cl. The van der Waals surface area contributed by atoms with E-state index in [-0.39, 0.29) is 49.5 Å². The van der Waals surface area contributed by atoms with Gasteiger partial charge in [0.25, 0.3) is 0 Å². The Labute approximate surface area is 112 Å². The molecule has 0 spiro atoms.